The van der Waals surface area contributed by atoms with Crippen molar-refractivity contribution < 1.29 is 23.1 Å². The Morgan fingerprint density at radius 1 is 0.971 bits per heavy atom. The molecule has 0 fully saturated rings. The van der Waals surface area contributed by atoms with Crippen molar-refractivity contribution in [1.82, 2.24) is 4.98 Å². The van der Waals surface area contributed by atoms with Crippen molar-refractivity contribution in [2.45, 2.75) is 65.2 Å². The zero-order chi connectivity index (χ0) is 25.0. The Bertz CT molecular complexity index is 1160. The summed E-state index contributed by atoms with van der Waals surface area (Å²) in [5, 5.41) is 0.602. The molecule has 7 heteroatoms. The first-order valence-electron chi connectivity index (χ1n) is 12.5. The average molecular weight is 484 g/mol. The summed E-state index contributed by atoms with van der Waals surface area (Å²) in [6, 6.07) is 11.2. The first-order chi connectivity index (χ1) is 17.0. The number of benzene rings is 1. The Kier molecular flexibility index (Phi) is 10.3. The molecule has 0 aliphatic carbocycles. The molecule has 188 valence electrons. The van der Waals surface area contributed by atoms with Crippen LogP contribution in [0.4, 0.5) is 4.39 Å². The average Bonchev–Trinajstić information content (AvgIpc) is 2.86. The van der Waals surface area contributed by atoms with E-state index in [1.165, 1.54) is 6.07 Å². The summed E-state index contributed by atoms with van der Waals surface area (Å²) >= 11 is 0. The van der Waals surface area contributed by atoms with E-state index in [9.17, 15) is 14.0 Å². The Morgan fingerprint density at radius 2 is 1.66 bits per heavy atom. The number of rotatable bonds is 14. The highest BCUT2D eigenvalue weighted by Crippen LogP contribution is 2.24. The van der Waals surface area contributed by atoms with E-state index in [1.54, 1.807) is 36.4 Å². The number of ether oxygens (including phenoxy) is 2. The van der Waals surface area contributed by atoms with Crippen LogP contribution in [0.3, 0.4) is 0 Å². The lowest BCUT2D eigenvalue weighted by atomic mass is 10.1. The first-order valence-corrected chi connectivity index (χ1v) is 12.5. The number of esters is 1. The zero-order valence-electron chi connectivity index (χ0n) is 20.6. The molecule has 3 aromatic rings. The highest BCUT2D eigenvalue weighted by Gasteiger charge is 2.13. The Labute approximate surface area is 205 Å². The van der Waals surface area contributed by atoms with E-state index in [4.69, 9.17) is 13.9 Å². The summed E-state index contributed by atoms with van der Waals surface area (Å²) in [6.07, 6.45) is 8.14. The molecule has 1 aromatic carbocycles. The molecular weight excluding hydrogens is 449 g/mol. The van der Waals surface area contributed by atoms with Crippen LogP contribution in [0, 0.1) is 11.7 Å². The van der Waals surface area contributed by atoms with Crippen LogP contribution in [0.25, 0.3) is 22.2 Å². The third kappa shape index (κ3) is 7.91. The smallest absolute Gasteiger partial charge is 0.345 e. The van der Waals surface area contributed by atoms with Crippen LogP contribution < -0.4 is 10.4 Å². The number of pyridine rings is 1. The van der Waals surface area contributed by atoms with Crippen molar-refractivity contribution in [2.75, 3.05) is 13.2 Å². The number of unbranched alkanes of at least 4 members (excludes halogenated alkanes) is 6. The highest BCUT2D eigenvalue weighted by molar-refractivity contribution is 5.79. The minimum absolute atomic E-state index is 0.0148. The first kappa shape index (κ1) is 26.4. The second-order valence-electron chi connectivity index (χ2n) is 8.77. The highest BCUT2D eigenvalue weighted by atomic mass is 19.1. The maximum atomic E-state index is 14.1. The number of halogens is 1. The van der Waals surface area contributed by atoms with Crippen LogP contribution >= 0.6 is 0 Å². The van der Waals surface area contributed by atoms with Gasteiger partial charge in [-0.25, -0.2) is 9.18 Å². The van der Waals surface area contributed by atoms with Crippen molar-refractivity contribution in [3.8, 4) is 17.0 Å². The molecular formula is C28H34FNO5. The van der Waals surface area contributed by atoms with Crippen LogP contribution in [0.1, 0.15) is 65.2 Å². The van der Waals surface area contributed by atoms with E-state index in [-0.39, 0.29) is 28.7 Å². The van der Waals surface area contributed by atoms with Crippen molar-refractivity contribution in [1.29, 1.82) is 0 Å². The van der Waals surface area contributed by atoms with E-state index in [0.29, 0.717) is 24.5 Å². The molecule has 6 nitrogen and oxygen atoms in total. The van der Waals surface area contributed by atoms with Crippen molar-refractivity contribution >= 4 is 17.1 Å². The second kappa shape index (κ2) is 13.6. The van der Waals surface area contributed by atoms with E-state index in [0.717, 1.165) is 51.4 Å². The molecule has 2 heterocycles. The Morgan fingerprint density at radius 3 is 2.37 bits per heavy atom. The maximum Gasteiger partial charge on any atom is 0.345 e. The largest absolute Gasteiger partial charge is 0.478 e. The topological polar surface area (TPSA) is 78.6 Å². The molecule has 2 aromatic heterocycles. The Balaban J connectivity index is 1.34. The fraction of sp³-hybridized carbons (Fsp3) is 0.464. The van der Waals surface area contributed by atoms with E-state index in [2.05, 4.69) is 4.98 Å². The number of nitrogens with zero attached hydrogens (tertiary/aromatic N) is 1. The van der Waals surface area contributed by atoms with Gasteiger partial charge in [0.1, 0.15) is 5.82 Å². The van der Waals surface area contributed by atoms with Gasteiger partial charge in [0, 0.05) is 17.0 Å². The maximum absolute atomic E-state index is 14.1. The fourth-order valence-corrected chi connectivity index (χ4v) is 3.68. The van der Waals surface area contributed by atoms with Crippen LogP contribution in [0.2, 0.25) is 0 Å². The fourth-order valence-electron chi connectivity index (χ4n) is 3.68. The van der Waals surface area contributed by atoms with Crippen molar-refractivity contribution in [2.24, 2.45) is 5.92 Å². The van der Waals surface area contributed by atoms with E-state index in [1.807, 2.05) is 13.8 Å². The molecule has 35 heavy (non-hydrogen) atoms. The van der Waals surface area contributed by atoms with Gasteiger partial charge < -0.3 is 13.9 Å². The van der Waals surface area contributed by atoms with Gasteiger partial charge in [0.2, 0.25) is 11.6 Å². The zero-order valence-corrected chi connectivity index (χ0v) is 20.6. The number of fused-ring (bicyclic) bond motifs is 1. The molecule has 1 unspecified atom stereocenters. The second-order valence-corrected chi connectivity index (χ2v) is 8.77. The third-order valence-corrected chi connectivity index (χ3v) is 6.03. The summed E-state index contributed by atoms with van der Waals surface area (Å²) in [5.41, 5.74) is -0.102. The van der Waals surface area contributed by atoms with Gasteiger partial charge in [0.15, 0.2) is 0 Å². The number of hydrogen-bond acceptors (Lipinski definition) is 6. The number of aromatic nitrogens is 1. The Hall–Kier alpha value is -3.22. The lowest BCUT2D eigenvalue weighted by Gasteiger charge is -2.09. The molecule has 0 spiro atoms. The predicted molar refractivity (Wildman–Crippen MR) is 134 cm³/mol. The summed E-state index contributed by atoms with van der Waals surface area (Å²) in [5.74, 6) is -0.192. The predicted octanol–water partition coefficient (Wildman–Crippen LogP) is 6.69. The minimum Gasteiger partial charge on any atom is -0.478 e. The normalized spacial score (nSPS) is 12.0. The molecule has 0 radical (unpaired) electrons. The number of hydrogen-bond donors (Lipinski definition) is 0. The molecule has 0 aliphatic rings. The van der Waals surface area contributed by atoms with Crippen LogP contribution in [0.15, 0.2) is 51.7 Å². The molecule has 1 atom stereocenters. The lowest BCUT2D eigenvalue weighted by molar-refractivity contribution is -0.148. The van der Waals surface area contributed by atoms with Crippen LogP contribution in [0.5, 0.6) is 5.88 Å². The van der Waals surface area contributed by atoms with E-state index >= 15 is 0 Å². The molecule has 0 amide bonds. The van der Waals surface area contributed by atoms with Gasteiger partial charge in [0.25, 0.3) is 0 Å². The van der Waals surface area contributed by atoms with Gasteiger partial charge in [-0.1, -0.05) is 64.2 Å². The quantitative estimate of drug-likeness (QED) is 0.188. The number of carbonyl (C=O) groups excluding carboxylic acids is 1. The molecule has 0 saturated heterocycles. The van der Waals surface area contributed by atoms with Gasteiger partial charge in [-0.3, -0.25) is 4.79 Å². The summed E-state index contributed by atoms with van der Waals surface area (Å²) < 4.78 is 30.4. The van der Waals surface area contributed by atoms with Crippen molar-refractivity contribution in [3.05, 3.63) is 58.7 Å². The van der Waals surface area contributed by atoms with Crippen LogP contribution in [-0.4, -0.2) is 24.2 Å². The molecule has 0 aliphatic heterocycles. The lowest BCUT2D eigenvalue weighted by Crippen LogP contribution is -2.14. The molecule has 3 rings (SSSR count). The standard InChI is InChI=1S/C28H34FNO5/c1-3-20(2)27(31)34-18-12-8-6-4-5-7-11-17-33-25-16-15-21-19-23(28(32)35-26(21)30-25)22-13-9-10-14-24(22)29/h9-10,13-16,19-20H,3-8,11-12,17-18H2,1-2H3. The van der Waals surface area contributed by atoms with Gasteiger partial charge in [-0.2, -0.15) is 4.98 Å². The van der Waals surface area contributed by atoms with Gasteiger partial charge in [-0.15, -0.1) is 0 Å². The minimum atomic E-state index is -0.638. The van der Waals surface area contributed by atoms with Crippen LogP contribution in [-0.2, 0) is 9.53 Å². The SMILES string of the molecule is CCC(C)C(=O)OCCCCCCCCCOc1ccc2cc(-c3ccccc3F)c(=O)oc2n1. The van der Waals surface area contributed by atoms with Gasteiger partial charge in [0.05, 0.1) is 24.7 Å². The summed E-state index contributed by atoms with van der Waals surface area (Å²) in [4.78, 5) is 28.3. The molecule has 0 saturated carbocycles. The number of carbonyl (C=O) groups is 1. The summed E-state index contributed by atoms with van der Waals surface area (Å²) in [6.45, 7) is 4.92. The molecule has 0 bridgehead atoms. The van der Waals surface area contributed by atoms with Gasteiger partial charge in [-0.05, 0) is 37.5 Å². The van der Waals surface area contributed by atoms with E-state index < -0.39 is 11.4 Å². The third-order valence-electron chi connectivity index (χ3n) is 6.03. The molecule has 0 N–H and O–H groups in total. The van der Waals surface area contributed by atoms with Crippen molar-refractivity contribution in [3.63, 3.8) is 0 Å². The summed E-state index contributed by atoms with van der Waals surface area (Å²) in [7, 11) is 0. The van der Waals surface area contributed by atoms with Gasteiger partial charge >= 0.3 is 11.6 Å². The monoisotopic (exact) mass is 483 g/mol.